The second-order valence-corrected chi connectivity index (χ2v) is 12.1. The number of nitrogens with one attached hydrogen (secondary N) is 2. The van der Waals surface area contributed by atoms with Crippen molar-refractivity contribution < 1.29 is 26.4 Å². The zero-order valence-electron chi connectivity index (χ0n) is 21.2. The maximum absolute atomic E-state index is 13.5. The molecule has 2 N–H and O–H groups in total. The lowest BCUT2D eigenvalue weighted by molar-refractivity contribution is -0.137. The Morgan fingerprint density at radius 2 is 1.68 bits per heavy atom. The number of benzene rings is 2. The largest absolute Gasteiger partial charge is 0.416 e. The quantitative estimate of drug-likeness (QED) is 0.469. The highest BCUT2D eigenvalue weighted by Gasteiger charge is 2.36. The second-order valence-electron chi connectivity index (χ2n) is 9.93. The van der Waals surface area contributed by atoms with E-state index >= 15 is 0 Å². The van der Waals surface area contributed by atoms with E-state index in [0.717, 1.165) is 29.5 Å². The summed E-state index contributed by atoms with van der Waals surface area (Å²) in [5, 5.41) is 3.50. The number of nitrogens with zero attached hydrogens (tertiary/aromatic N) is 1. The molecule has 2 aromatic rings. The Bertz CT molecular complexity index is 1200. The van der Waals surface area contributed by atoms with Gasteiger partial charge in [0.1, 0.15) is 0 Å². The molecular formula is C26H33ClF3N3O3S. The van der Waals surface area contributed by atoms with Gasteiger partial charge in [-0.2, -0.15) is 13.2 Å². The van der Waals surface area contributed by atoms with Crippen molar-refractivity contribution in [3.63, 3.8) is 0 Å². The van der Waals surface area contributed by atoms with Gasteiger partial charge >= 0.3 is 6.18 Å². The summed E-state index contributed by atoms with van der Waals surface area (Å²) < 4.78 is 64.3. The van der Waals surface area contributed by atoms with Crippen LogP contribution in [0.2, 0.25) is 5.02 Å². The van der Waals surface area contributed by atoms with E-state index < -0.39 is 27.2 Å². The molecule has 2 aromatic carbocycles. The minimum Gasteiger partial charge on any atom is -0.351 e. The molecule has 204 valence electrons. The third kappa shape index (κ3) is 8.17. The van der Waals surface area contributed by atoms with Crippen LogP contribution < -0.4 is 10.0 Å². The van der Waals surface area contributed by atoms with Crippen LogP contribution in [0.1, 0.15) is 48.4 Å². The van der Waals surface area contributed by atoms with Crippen molar-refractivity contribution in [2.75, 3.05) is 25.9 Å². The number of sulfonamides is 1. The second kappa shape index (κ2) is 11.7. The fourth-order valence-electron chi connectivity index (χ4n) is 4.52. The first kappa shape index (κ1) is 29.4. The van der Waals surface area contributed by atoms with Gasteiger partial charge in [0.2, 0.25) is 15.9 Å². The van der Waals surface area contributed by atoms with Gasteiger partial charge in [0.05, 0.1) is 17.2 Å². The van der Waals surface area contributed by atoms with Gasteiger partial charge in [-0.05, 0) is 87.6 Å². The van der Waals surface area contributed by atoms with Crippen LogP contribution in [0.5, 0.6) is 0 Å². The number of halogens is 4. The number of piperidine rings is 1. The lowest BCUT2D eigenvalue weighted by Gasteiger charge is -2.35. The number of carbonyl (C=O) groups excluding carboxylic acids is 1. The van der Waals surface area contributed by atoms with Crippen LogP contribution in [0.3, 0.4) is 0 Å². The van der Waals surface area contributed by atoms with E-state index in [0.29, 0.717) is 49.5 Å². The Morgan fingerprint density at radius 1 is 1.08 bits per heavy atom. The molecule has 1 atom stereocenters. The molecule has 0 aromatic heterocycles. The summed E-state index contributed by atoms with van der Waals surface area (Å²) in [7, 11) is -3.26. The number of alkyl halides is 3. The average molecular weight is 560 g/mol. The molecule has 1 aliphatic rings. The predicted octanol–water partition coefficient (Wildman–Crippen LogP) is 4.65. The van der Waals surface area contributed by atoms with Gasteiger partial charge in [0.25, 0.3) is 0 Å². The van der Waals surface area contributed by atoms with Gasteiger partial charge in [0.15, 0.2) is 0 Å². The third-order valence-corrected chi connectivity index (χ3v) is 8.11. The molecule has 0 bridgehead atoms. The third-order valence-electron chi connectivity index (χ3n) is 6.93. The molecule has 6 nitrogen and oxygen atoms in total. The molecular weight excluding hydrogens is 527 g/mol. The summed E-state index contributed by atoms with van der Waals surface area (Å²) in [5.74, 6) is -0.234. The van der Waals surface area contributed by atoms with Gasteiger partial charge < -0.3 is 10.2 Å². The van der Waals surface area contributed by atoms with Gasteiger partial charge in [-0.15, -0.1) is 0 Å². The van der Waals surface area contributed by atoms with Gasteiger partial charge in [-0.3, -0.25) is 4.79 Å². The number of aryl methyl sites for hydroxylation is 1. The first-order valence-electron chi connectivity index (χ1n) is 12.1. The number of hydrogen-bond acceptors (Lipinski definition) is 4. The fraction of sp³-hybridized carbons (Fsp3) is 0.500. The Kier molecular flexibility index (Phi) is 9.32. The van der Waals surface area contributed by atoms with Crippen LogP contribution in [0.15, 0.2) is 42.5 Å². The van der Waals surface area contributed by atoms with Crippen LogP contribution in [-0.4, -0.2) is 51.2 Å². The smallest absolute Gasteiger partial charge is 0.351 e. The van der Waals surface area contributed by atoms with Crippen molar-refractivity contribution in [1.29, 1.82) is 0 Å². The average Bonchev–Trinajstić information content (AvgIpc) is 2.82. The summed E-state index contributed by atoms with van der Waals surface area (Å²) in [5.41, 5.74) is 0.556. The molecule has 1 saturated heterocycles. The molecule has 0 spiro atoms. The summed E-state index contributed by atoms with van der Waals surface area (Å²) in [6.45, 7) is 5.85. The van der Waals surface area contributed by atoms with Gasteiger partial charge in [-0.1, -0.05) is 35.9 Å². The zero-order chi connectivity index (χ0) is 27.4. The molecule has 1 aliphatic heterocycles. The van der Waals surface area contributed by atoms with E-state index in [1.807, 2.05) is 26.0 Å². The first-order valence-corrected chi connectivity index (χ1v) is 14.3. The van der Waals surface area contributed by atoms with E-state index in [2.05, 4.69) is 14.9 Å². The molecule has 1 heterocycles. The number of carbonyl (C=O) groups is 1. The Labute approximate surface area is 221 Å². The summed E-state index contributed by atoms with van der Waals surface area (Å²) in [4.78, 5) is 15.7. The molecule has 0 radical (unpaired) electrons. The monoisotopic (exact) mass is 559 g/mol. The molecule has 1 amide bonds. The normalized spacial score (nSPS) is 17.4. The molecule has 1 unspecified atom stereocenters. The first-order chi connectivity index (χ1) is 17.2. The number of rotatable bonds is 9. The molecule has 1 fully saturated rings. The minimum atomic E-state index is -4.41. The van der Waals surface area contributed by atoms with Crippen LogP contribution >= 0.6 is 11.6 Å². The molecule has 11 heteroatoms. The zero-order valence-corrected chi connectivity index (χ0v) is 22.7. The fourth-order valence-corrected chi connectivity index (χ4v) is 5.48. The van der Waals surface area contributed by atoms with E-state index in [1.165, 1.54) is 12.1 Å². The van der Waals surface area contributed by atoms with E-state index in [4.69, 9.17) is 11.6 Å². The van der Waals surface area contributed by atoms with E-state index in [-0.39, 0.29) is 18.5 Å². The standard InChI is InChI=1S/C26H33ClF3N3O3S/c1-18-16-21(8-9-23(18)27)25(2,12-15-33-13-10-22(11-14-33)32-37(3,35)36)24(34)31-17-19-4-6-20(7-5-19)26(28,29)30/h4-9,16,22,32H,10-15,17H2,1-3H3,(H,31,34). The number of amides is 1. The summed E-state index contributed by atoms with van der Waals surface area (Å²) >= 11 is 6.22. The summed E-state index contributed by atoms with van der Waals surface area (Å²) in [6, 6.07) is 10.1. The maximum atomic E-state index is 13.5. The van der Waals surface area contributed by atoms with Crippen LogP contribution in [0.4, 0.5) is 13.2 Å². The van der Waals surface area contributed by atoms with Gasteiger partial charge in [-0.25, -0.2) is 13.1 Å². The SMILES string of the molecule is Cc1cc(C(C)(CCN2CCC(NS(C)(=O)=O)CC2)C(=O)NCc2ccc(C(F)(F)F)cc2)ccc1Cl. The molecule has 37 heavy (non-hydrogen) atoms. The van der Waals surface area contributed by atoms with Crippen LogP contribution in [0.25, 0.3) is 0 Å². The van der Waals surface area contributed by atoms with Crippen molar-refractivity contribution in [3.8, 4) is 0 Å². The maximum Gasteiger partial charge on any atom is 0.416 e. The van der Waals surface area contributed by atoms with Crippen LogP contribution in [-0.2, 0) is 33.0 Å². The molecule has 0 aliphatic carbocycles. The van der Waals surface area contributed by atoms with E-state index in [9.17, 15) is 26.4 Å². The Hall–Kier alpha value is -2.14. The number of hydrogen-bond donors (Lipinski definition) is 2. The predicted molar refractivity (Wildman–Crippen MR) is 139 cm³/mol. The van der Waals surface area contributed by atoms with Crippen molar-refractivity contribution in [2.24, 2.45) is 0 Å². The van der Waals surface area contributed by atoms with Crippen molar-refractivity contribution in [1.82, 2.24) is 14.9 Å². The Balaban J connectivity index is 1.70. The number of likely N-dealkylation sites (tertiary alicyclic amines) is 1. The van der Waals surface area contributed by atoms with Crippen molar-refractivity contribution in [2.45, 2.75) is 57.3 Å². The van der Waals surface area contributed by atoms with Crippen LogP contribution in [0, 0.1) is 6.92 Å². The van der Waals surface area contributed by atoms with Gasteiger partial charge in [0, 0.05) is 17.6 Å². The summed E-state index contributed by atoms with van der Waals surface area (Å²) in [6.07, 6.45) is -1.39. The van der Waals surface area contributed by atoms with Crippen molar-refractivity contribution in [3.05, 3.63) is 69.7 Å². The van der Waals surface area contributed by atoms with E-state index in [1.54, 1.807) is 6.07 Å². The molecule has 0 saturated carbocycles. The highest BCUT2D eigenvalue weighted by Crippen LogP contribution is 2.32. The lowest BCUT2D eigenvalue weighted by atomic mass is 9.77. The topological polar surface area (TPSA) is 78.5 Å². The Morgan fingerprint density at radius 3 is 2.22 bits per heavy atom. The highest BCUT2D eigenvalue weighted by molar-refractivity contribution is 7.88. The minimum absolute atomic E-state index is 0.0939. The highest BCUT2D eigenvalue weighted by atomic mass is 35.5. The van der Waals surface area contributed by atoms with Crippen molar-refractivity contribution >= 4 is 27.5 Å². The lowest BCUT2D eigenvalue weighted by Crippen LogP contribution is -2.47. The molecule has 3 rings (SSSR count).